The lowest BCUT2D eigenvalue weighted by Crippen LogP contribution is -2.38. The van der Waals surface area contributed by atoms with Gasteiger partial charge < -0.3 is 15.6 Å². The molecule has 0 bridgehead atoms. The normalized spacial score (nSPS) is 10.1. The number of H-pyrrole nitrogens is 1. The first-order valence-electron chi connectivity index (χ1n) is 5.72. The molecule has 1 aromatic heterocycles. The van der Waals surface area contributed by atoms with Crippen LogP contribution < -0.4 is 10.6 Å². The van der Waals surface area contributed by atoms with Gasteiger partial charge in [-0.15, -0.1) is 23.8 Å². The summed E-state index contributed by atoms with van der Waals surface area (Å²) in [7, 11) is 0. The summed E-state index contributed by atoms with van der Waals surface area (Å²) in [5.41, 5.74) is 2.17. The average Bonchev–Trinajstić information content (AvgIpc) is 2.81. The van der Waals surface area contributed by atoms with E-state index < -0.39 is 0 Å². The molecule has 3 N–H and O–H groups in total. The van der Waals surface area contributed by atoms with E-state index in [1.807, 2.05) is 6.92 Å². The number of hydrogen-bond donors (Lipinski definition) is 3. The van der Waals surface area contributed by atoms with Crippen LogP contribution in [0.1, 0.15) is 11.4 Å². The fourth-order valence-electron chi connectivity index (χ4n) is 1.27. The summed E-state index contributed by atoms with van der Waals surface area (Å²) in [6.07, 6.45) is 8.55. The summed E-state index contributed by atoms with van der Waals surface area (Å²) in [6.45, 7) is 3.04. The topological polar surface area (TPSA) is 88.9 Å². The van der Waals surface area contributed by atoms with Crippen molar-refractivity contribution in [2.24, 2.45) is 4.99 Å². The van der Waals surface area contributed by atoms with Crippen LogP contribution in [0.15, 0.2) is 11.3 Å². The highest BCUT2D eigenvalue weighted by atomic mass is 35.5. The van der Waals surface area contributed by atoms with E-state index in [-0.39, 0.29) is 12.4 Å². The number of aliphatic imine (C=N–C) groups is 1. The smallest absolute Gasteiger partial charge is 0.209 e. The maximum atomic E-state index is 8.51. The number of nitrogens with one attached hydrogen (secondary N) is 3. The van der Waals surface area contributed by atoms with E-state index in [2.05, 4.69) is 31.5 Å². The highest BCUT2D eigenvalue weighted by molar-refractivity contribution is 7.98. The predicted molar refractivity (Wildman–Crippen MR) is 84.6 cm³/mol. The van der Waals surface area contributed by atoms with Gasteiger partial charge in [-0.2, -0.15) is 17.0 Å². The number of hydrogen-bond acceptors (Lipinski definition) is 4. The molecule has 0 atom stereocenters. The van der Waals surface area contributed by atoms with E-state index in [1.54, 1.807) is 24.3 Å². The highest BCUT2D eigenvalue weighted by Crippen LogP contribution is 2.11. The van der Waals surface area contributed by atoms with E-state index in [9.17, 15) is 0 Å². The minimum Gasteiger partial charge on any atom is -0.355 e. The van der Waals surface area contributed by atoms with Crippen molar-refractivity contribution in [1.82, 2.24) is 20.6 Å². The molecule has 0 radical (unpaired) electrons. The number of aromatic nitrogens is 2. The molecule has 0 aliphatic rings. The first-order valence-corrected chi connectivity index (χ1v) is 6.88. The Balaban J connectivity index is 0.00000361. The molecule has 0 amide bonds. The van der Waals surface area contributed by atoms with Crippen molar-refractivity contribution in [3.8, 4) is 18.5 Å². The molecule has 1 rings (SSSR count). The highest BCUT2D eigenvalue weighted by Gasteiger charge is 2.01. The predicted octanol–water partition coefficient (Wildman–Crippen LogP) is 1.02. The fraction of sp³-hybridized carbons (Fsp3) is 0.417. The van der Waals surface area contributed by atoms with Gasteiger partial charge in [-0.3, -0.25) is 0 Å². The summed E-state index contributed by atoms with van der Waals surface area (Å²) in [5.74, 6) is 4.58. The maximum Gasteiger partial charge on any atom is 0.209 e. The van der Waals surface area contributed by atoms with E-state index in [0.717, 1.165) is 22.9 Å². The first-order chi connectivity index (χ1) is 9.27. The number of guanidine groups is 1. The SMILES string of the molecule is C#CCN/C(=N\C#N)NCCSCc1nc[nH]c1C.Cl. The molecule has 0 aliphatic heterocycles. The largest absolute Gasteiger partial charge is 0.355 e. The molecule has 1 aromatic rings. The number of rotatable bonds is 6. The number of thioether (sulfide) groups is 1. The average molecular weight is 313 g/mol. The van der Waals surface area contributed by atoms with Crippen LogP contribution in [0.5, 0.6) is 0 Å². The summed E-state index contributed by atoms with van der Waals surface area (Å²) in [4.78, 5) is 10.9. The van der Waals surface area contributed by atoms with Crippen LogP contribution in [0.2, 0.25) is 0 Å². The minimum absolute atomic E-state index is 0. The molecule has 0 fully saturated rings. The van der Waals surface area contributed by atoms with E-state index in [0.29, 0.717) is 19.0 Å². The fourth-order valence-corrected chi connectivity index (χ4v) is 2.14. The van der Waals surface area contributed by atoms with Gasteiger partial charge in [0.25, 0.3) is 0 Å². The molecule has 0 aliphatic carbocycles. The Kier molecular flexibility index (Phi) is 10.0. The summed E-state index contributed by atoms with van der Waals surface area (Å²) in [6, 6.07) is 0. The van der Waals surface area contributed by atoms with Gasteiger partial charge in [0.15, 0.2) is 0 Å². The van der Waals surface area contributed by atoms with Gasteiger partial charge in [-0.1, -0.05) is 5.92 Å². The Morgan fingerprint density at radius 2 is 2.40 bits per heavy atom. The molecule has 20 heavy (non-hydrogen) atoms. The van der Waals surface area contributed by atoms with Crippen molar-refractivity contribution in [1.29, 1.82) is 5.26 Å². The molecule has 0 unspecified atom stereocenters. The van der Waals surface area contributed by atoms with Crippen molar-refractivity contribution >= 4 is 30.1 Å². The third-order valence-corrected chi connectivity index (χ3v) is 3.20. The summed E-state index contributed by atoms with van der Waals surface area (Å²) >= 11 is 1.76. The van der Waals surface area contributed by atoms with E-state index in [4.69, 9.17) is 11.7 Å². The molecular weight excluding hydrogens is 296 g/mol. The third kappa shape index (κ3) is 6.93. The van der Waals surface area contributed by atoms with Crippen LogP contribution >= 0.6 is 24.2 Å². The first kappa shape index (κ1) is 18.2. The quantitative estimate of drug-likeness (QED) is 0.240. The Morgan fingerprint density at radius 1 is 1.60 bits per heavy atom. The number of aromatic amines is 1. The number of aryl methyl sites for hydroxylation is 1. The number of nitrogens with zero attached hydrogens (tertiary/aromatic N) is 3. The van der Waals surface area contributed by atoms with Crippen molar-refractivity contribution < 1.29 is 0 Å². The molecule has 6 nitrogen and oxygen atoms in total. The second kappa shape index (κ2) is 11.0. The van der Waals surface area contributed by atoms with E-state index >= 15 is 0 Å². The number of halogens is 1. The zero-order valence-electron chi connectivity index (χ0n) is 11.1. The molecular formula is C12H17ClN6S. The zero-order valence-corrected chi connectivity index (χ0v) is 12.8. The second-order valence-electron chi connectivity index (χ2n) is 3.57. The van der Waals surface area contributed by atoms with Gasteiger partial charge in [0.05, 0.1) is 18.6 Å². The van der Waals surface area contributed by atoms with E-state index in [1.165, 1.54) is 0 Å². The zero-order chi connectivity index (χ0) is 13.9. The van der Waals surface area contributed by atoms with Gasteiger partial charge in [-0.05, 0) is 6.92 Å². The monoisotopic (exact) mass is 312 g/mol. The molecule has 8 heteroatoms. The maximum absolute atomic E-state index is 8.51. The van der Waals surface area contributed by atoms with Gasteiger partial charge in [0.2, 0.25) is 12.2 Å². The lowest BCUT2D eigenvalue weighted by Gasteiger charge is -2.08. The van der Waals surface area contributed by atoms with Crippen molar-refractivity contribution in [2.45, 2.75) is 12.7 Å². The molecule has 108 valence electrons. The Hall–Kier alpha value is -1.83. The van der Waals surface area contributed by atoms with Crippen LogP contribution in [0.3, 0.4) is 0 Å². The van der Waals surface area contributed by atoms with Crippen LogP contribution in [0.25, 0.3) is 0 Å². The second-order valence-corrected chi connectivity index (χ2v) is 4.68. The molecule has 1 heterocycles. The number of imidazole rings is 1. The van der Waals surface area contributed by atoms with Gasteiger partial charge in [-0.25, -0.2) is 4.98 Å². The summed E-state index contributed by atoms with van der Waals surface area (Å²) < 4.78 is 0. The standard InChI is InChI=1S/C12H16N6S.ClH/c1-3-4-14-12(16-8-13)15-5-6-19-7-11-10(2)17-9-18-11;/h1,9H,4-7H2,2H3,(H,17,18)(H2,14,15,16);1H. The van der Waals surface area contributed by atoms with Crippen LogP contribution in [-0.2, 0) is 5.75 Å². The Bertz CT molecular complexity index is 499. The third-order valence-electron chi connectivity index (χ3n) is 2.23. The lowest BCUT2D eigenvalue weighted by molar-refractivity contribution is 0.896. The summed E-state index contributed by atoms with van der Waals surface area (Å²) in [5, 5.41) is 14.4. The van der Waals surface area contributed by atoms with Gasteiger partial charge >= 0.3 is 0 Å². The van der Waals surface area contributed by atoms with Crippen LogP contribution in [0, 0.1) is 30.7 Å². The molecule has 0 spiro atoms. The Morgan fingerprint density at radius 3 is 3.00 bits per heavy atom. The molecule has 0 aromatic carbocycles. The van der Waals surface area contributed by atoms with Crippen molar-refractivity contribution in [3.05, 3.63) is 17.7 Å². The van der Waals surface area contributed by atoms with Crippen LogP contribution in [0.4, 0.5) is 0 Å². The Labute approximate surface area is 129 Å². The van der Waals surface area contributed by atoms with Crippen molar-refractivity contribution in [2.75, 3.05) is 18.8 Å². The number of terminal acetylenes is 1. The number of nitriles is 1. The minimum atomic E-state index is 0. The van der Waals surface area contributed by atoms with Crippen LogP contribution in [-0.4, -0.2) is 34.8 Å². The molecule has 0 saturated heterocycles. The lowest BCUT2D eigenvalue weighted by atomic mass is 10.4. The van der Waals surface area contributed by atoms with Gasteiger partial charge in [0.1, 0.15) is 0 Å². The van der Waals surface area contributed by atoms with Gasteiger partial charge in [0, 0.05) is 23.7 Å². The van der Waals surface area contributed by atoms with Crippen molar-refractivity contribution in [3.63, 3.8) is 0 Å². The molecule has 0 saturated carbocycles.